The van der Waals surface area contributed by atoms with E-state index in [1.54, 1.807) is 0 Å². The number of hydrogen-bond donors (Lipinski definition) is 2. The van der Waals surface area contributed by atoms with Gasteiger partial charge in [0, 0.05) is 12.6 Å². The van der Waals surface area contributed by atoms with Gasteiger partial charge in [-0.05, 0) is 24.5 Å². The van der Waals surface area contributed by atoms with Crippen molar-refractivity contribution in [1.82, 2.24) is 5.32 Å². The molecule has 1 atom stereocenters. The third-order valence-corrected chi connectivity index (χ3v) is 2.71. The number of carboxylic acid groups (broad SMARTS) is 1. The number of carbonyl (C=O) groups is 1. The van der Waals surface area contributed by atoms with Gasteiger partial charge in [-0.3, -0.25) is 4.79 Å². The molecule has 0 fully saturated rings. The lowest BCUT2D eigenvalue weighted by atomic mass is 10.0. The highest BCUT2D eigenvalue weighted by molar-refractivity contribution is 5.70. The summed E-state index contributed by atoms with van der Waals surface area (Å²) in [5.74, 6) is -0.781. The van der Waals surface area contributed by atoms with Crippen LogP contribution in [0.5, 0.6) is 0 Å². The van der Waals surface area contributed by atoms with Gasteiger partial charge in [0.2, 0.25) is 0 Å². The molecule has 1 aromatic carbocycles. The molecular formula is C13H19NO2. The summed E-state index contributed by atoms with van der Waals surface area (Å²) >= 11 is 0. The summed E-state index contributed by atoms with van der Waals surface area (Å²) in [4.78, 5) is 10.7. The van der Waals surface area contributed by atoms with Crippen molar-refractivity contribution in [2.24, 2.45) is 0 Å². The number of nitrogens with one attached hydrogen (secondary N) is 1. The molecule has 0 saturated heterocycles. The van der Waals surface area contributed by atoms with Gasteiger partial charge < -0.3 is 10.4 Å². The zero-order chi connectivity index (χ0) is 12.0. The molecule has 0 aromatic heterocycles. The fourth-order valence-electron chi connectivity index (χ4n) is 1.49. The van der Waals surface area contributed by atoms with Crippen LogP contribution >= 0.6 is 0 Å². The predicted octanol–water partition coefficient (Wildman–Crippen LogP) is 2.20. The predicted molar refractivity (Wildman–Crippen MR) is 64.4 cm³/mol. The van der Waals surface area contributed by atoms with E-state index in [4.69, 9.17) is 5.11 Å². The Labute approximate surface area is 96.5 Å². The molecule has 2 N–H and O–H groups in total. The summed E-state index contributed by atoms with van der Waals surface area (Å²) < 4.78 is 0. The summed E-state index contributed by atoms with van der Waals surface area (Å²) in [6.07, 6.45) is 1.17. The second-order valence-corrected chi connectivity index (χ2v) is 4.03. The monoisotopic (exact) mass is 221 g/mol. The van der Waals surface area contributed by atoms with E-state index in [0.717, 1.165) is 24.1 Å². The van der Waals surface area contributed by atoms with E-state index in [-0.39, 0.29) is 6.42 Å². The first-order valence-electron chi connectivity index (χ1n) is 5.65. The summed E-state index contributed by atoms with van der Waals surface area (Å²) in [5.41, 5.74) is 1.97. The maximum atomic E-state index is 10.7. The maximum Gasteiger partial charge on any atom is 0.307 e. The third kappa shape index (κ3) is 4.03. The van der Waals surface area contributed by atoms with Crippen LogP contribution in [0.25, 0.3) is 0 Å². The normalized spacial score (nSPS) is 12.4. The van der Waals surface area contributed by atoms with Crippen molar-refractivity contribution >= 4 is 5.97 Å². The molecule has 1 rings (SSSR count). The molecule has 0 saturated carbocycles. The van der Waals surface area contributed by atoms with Crippen molar-refractivity contribution in [2.75, 3.05) is 0 Å². The molecule has 1 unspecified atom stereocenters. The first-order valence-corrected chi connectivity index (χ1v) is 5.65. The molecule has 0 aliphatic carbocycles. The molecule has 88 valence electrons. The average Bonchev–Trinajstić information content (AvgIpc) is 2.26. The molecule has 16 heavy (non-hydrogen) atoms. The van der Waals surface area contributed by atoms with Crippen LogP contribution in [0.3, 0.4) is 0 Å². The first kappa shape index (κ1) is 12.7. The average molecular weight is 221 g/mol. The molecule has 1 aromatic rings. The molecule has 0 heterocycles. The number of rotatable bonds is 6. The highest BCUT2D eigenvalue weighted by atomic mass is 16.4. The Morgan fingerprint density at radius 1 is 1.38 bits per heavy atom. The number of hydrogen-bond acceptors (Lipinski definition) is 2. The van der Waals surface area contributed by atoms with Crippen LogP contribution in [-0.2, 0) is 17.8 Å². The van der Waals surface area contributed by atoms with E-state index in [0.29, 0.717) is 6.04 Å². The van der Waals surface area contributed by atoms with E-state index in [1.165, 1.54) is 0 Å². The van der Waals surface area contributed by atoms with Gasteiger partial charge in [0.15, 0.2) is 0 Å². The van der Waals surface area contributed by atoms with E-state index >= 15 is 0 Å². The number of carboxylic acids is 1. The Bertz CT molecular complexity index is 350. The highest BCUT2D eigenvalue weighted by Gasteiger charge is 2.06. The molecule has 0 amide bonds. The van der Waals surface area contributed by atoms with Gasteiger partial charge >= 0.3 is 5.97 Å². The van der Waals surface area contributed by atoms with Gasteiger partial charge in [0.05, 0.1) is 6.42 Å². The molecule has 3 nitrogen and oxygen atoms in total. The van der Waals surface area contributed by atoms with Crippen molar-refractivity contribution < 1.29 is 9.90 Å². The van der Waals surface area contributed by atoms with E-state index in [1.807, 2.05) is 24.3 Å². The lowest BCUT2D eigenvalue weighted by molar-refractivity contribution is -0.136. The Balaban J connectivity index is 2.67. The zero-order valence-electron chi connectivity index (χ0n) is 9.86. The fourth-order valence-corrected chi connectivity index (χ4v) is 1.49. The van der Waals surface area contributed by atoms with Gasteiger partial charge in [0.1, 0.15) is 0 Å². The fraction of sp³-hybridized carbons (Fsp3) is 0.462. The minimum absolute atomic E-state index is 0.0956. The standard InChI is InChI=1S/C13H19NO2/c1-3-10(2)14-9-12-7-5-4-6-11(12)8-13(15)16/h4-7,10,14H,3,8-9H2,1-2H3,(H,15,16). The van der Waals surface area contributed by atoms with Crippen LogP contribution in [0.1, 0.15) is 31.4 Å². The van der Waals surface area contributed by atoms with E-state index in [9.17, 15) is 4.79 Å². The van der Waals surface area contributed by atoms with Crippen molar-refractivity contribution in [3.8, 4) is 0 Å². The van der Waals surface area contributed by atoms with Crippen LogP contribution in [0, 0.1) is 0 Å². The summed E-state index contributed by atoms with van der Waals surface area (Å²) in [7, 11) is 0. The quantitative estimate of drug-likeness (QED) is 0.774. The Hall–Kier alpha value is -1.35. The van der Waals surface area contributed by atoms with Crippen molar-refractivity contribution in [3.63, 3.8) is 0 Å². The molecule has 0 aliphatic rings. The first-order chi connectivity index (χ1) is 7.63. The van der Waals surface area contributed by atoms with E-state index < -0.39 is 5.97 Å². The van der Waals surface area contributed by atoms with Gasteiger partial charge in [0.25, 0.3) is 0 Å². The van der Waals surface area contributed by atoms with Crippen LogP contribution in [-0.4, -0.2) is 17.1 Å². The van der Waals surface area contributed by atoms with Gasteiger partial charge in [-0.25, -0.2) is 0 Å². The van der Waals surface area contributed by atoms with Gasteiger partial charge in [-0.15, -0.1) is 0 Å². The second kappa shape index (κ2) is 6.28. The Kier molecular flexibility index (Phi) is 4.99. The summed E-state index contributed by atoms with van der Waals surface area (Å²) in [5, 5.41) is 12.2. The maximum absolute atomic E-state index is 10.7. The molecule has 0 radical (unpaired) electrons. The van der Waals surface area contributed by atoms with Gasteiger partial charge in [-0.2, -0.15) is 0 Å². The lowest BCUT2D eigenvalue weighted by Crippen LogP contribution is -2.25. The van der Waals surface area contributed by atoms with Crippen molar-refractivity contribution in [2.45, 2.75) is 39.3 Å². The van der Waals surface area contributed by atoms with Gasteiger partial charge in [-0.1, -0.05) is 31.2 Å². The largest absolute Gasteiger partial charge is 0.481 e. The Morgan fingerprint density at radius 2 is 2.00 bits per heavy atom. The second-order valence-electron chi connectivity index (χ2n) is 4.03. The summed E-state index contributed by atoms with van der Waals surface area (Å²) in [6, 6.07) is 8.14. The summed E-state index contributed by atoms with van der Waals surface area (Å²) in [6.45, 7) is 4.99. The molecule has 0 aliphatic heterocycles. The molecule has 0 bridgehead atoms. The smallest absolute Gasteiger partial charge is 0.307 e. The molecule has 0 spiro atoms. The molecular weight excluding hydrogens is 202 g/mol. The van der Waals surface area contributed by atoms with Crippen molar-refractivity contribution in [1.29, 1.82) is 0 Å². The van der Waals surface area contributed by atoms with Crippen LogP contribution < -0.4 is 5.32 Å². The highest BCUT2D eigenvalue weighted by Crippen LogP contribution is 2.10. The minimum atomic E-state index is -0.781. The number of benzene rings is 1. The molecule has 3 heteroatoms. The van der Waals surface area contributed by atoms with E-state index in [2.05, 4.69) is 19.2 Å². The third-order valence-electron chi connectivity index (χ3n) is 2.71. The topological polar surface area (TPSA) is 49.3 Å². The Morgan fingerprint density at radius 3 is 2.56 bits per heavy atom. The number of aliphatic carboxylic acids is 1. The SMILES string of the molecule is CCC(C)NCc1ccccc1CC(=O)O. The lowest BCUT2D eigenvalue weighted by Gasteiger charge is -2.13. The van der Waals surface area contributed by atoms with Crippen LogP contribution in [0.15, 0.2) is 24.3 Å². The van der Waals surface area contributed by atoms with Crippen LogP contribution in [0.4, 0.5) is 0 Å². The van der Waals surface area contributed by atoms with Crippen LogP contribution in [0.2, 0.25) is 0 Å². The van der Waals surface area contributed by atoms with Crippen molar-refractivity contribution in [3.05, 3.63) is 35.4 Å². The minimum Gasteiger partial charge on any atom is -0.481 e. The zero-order valence-corrected chi connectivity index (χ0v) is 9.86.